The molecule has 0 aliphatic carbocycles. The number of thiophene rings is 2. The third-order valence-electron chi connectivity index (χ3n) is 11.4. The van der Waals surface area contributed by atoms with Crippen molar-refractivity contribution in [3.63, 3.8) is 0 Å². The molecular formula is C53H32N2S2. The average Bonchev–Trinajstić information content (AvgIpc) is 3.82. The Morgan fingerprint density at radius 1 is 0.316 bits per heavy atom. The summed E-state index contributed by atoms with van der Waals surface area (Å²) >= 11 is 3.74. The minimum atomic E-state index is 1.01. The summed E-state index contributed by atoms with van der Waals surface area (Å²) in [7, 11) is 0. The van der Waals surface area contributed by atoms with Crippen molar-refractivity contribution in [2.45, 2.75) is 0 Å². The summed E-state index contributed by atoms with van der Waals surface area (Å²) < 4.78 is 5.31. The van der Waals surface area contributed by atoms with Crippen molar-refractivity contribution in [3.05, 3.63) is 194 Å². The molecule has 12 aromatic rings. The molecule has 0 unspecified atom stereocenters. The van der Waals surface area contributed by atoms with Crippen LogP contribution in [0.5, 0.6) is 0 Å². The zero-order chi connectivity index (χ0) is 37.5. The van der Waals surface area contributed by atoms with Crippen LogP contribution in [-0.4, -0.2) is 4.98 Å². The van der Waals surface area contributed by atoms with Crippen LogP contribution >= 0.6 is 22.7 Å². The van der Waals surface area contributed by atoms with Gasteiger partial charge in [0.1, 0.15) is 0 Å². The number of pyridine rings is 1. The minimum absolute atomic E-state index is 1.01. The molecule has 12 rings (SSSR count). The monoisotopic (exact) mass is 760 g/mol. The van der Waals surface area contributed by atoms with Gasteiger partial charge in [-0.25, -0.2) is 0 Å². The van der Waals surface area contributed by atoms with Crippen molar-refractivity contribution < 1.29 is 0 Å². The van der Waals surface area contributed by atoms with Crippen LogP contribution in [0.3, 0.4) is 0 Å². The van der Waals surface area contributed by atoms with Crippen LogP contribution in [-0.2, 0) is 0 Å². The van der Waals surface area contributed by atoms with Gasteiger partial charge in [-0.2, -0.15) is 0 Å². The van der Waals surface area contributed by atoms with Crippen molar-refractivity contribution in [3.8, 4) is 22.3 Å². The van der Waals surface area contributed by atoms with E-state index in [0.29, 0.717) is 0 Å². The smallest absolute Gasteiger partial charge is 0.0708 e. The lowest BCUT2D eigenvalue weighted by Gasteiger charge is -2.26. The maximum absolute atomic E-state index is 4.57. The predicted octanol–water partition coefficient (Wildman–Crippen LogP) is 16.1. The molecule has 2 nitrogen and oxygen atoms in total. The lowest BCUT2D eigenvalue weighted by molar-refractivity contribution is 1.29. The van der Waals surface area contributed by atoms with Crippen LogP contribution in [0.2, 0.25) is 0 Å². The van der Waals surface area contributed by atoms with E-state index in [1.807, 2.05) is 34.9 Å². The second-order valence-corrected chi connectivity index (χ2v) is 17.0. The van der Waals surface area contributed by atoms with Gasteiger partial charge in [0.2, 0.25) is 0 Å². The van der Waals surface area contributed by atoms with Crippen LogP contribution in [0.4, 0.5) is 17.1 Å². The summed E-state index contributed by atoms with van der Waals surface area (Å²) in [6, 6.07) is 69.3. The van der Waals surface area contributed by atoms with Crippen LogP contribution in [0.15, 0.2) is 194 Å². The number of aromatic nitrogens is 1. The molecule has 0 N–H and O–H groups in total. The summed E-state index contributed by atoms with van der Waals surface area (Å²) in [6.07, 6.45) is 1.85. The first-order valence-electron chi connectivity index (χ1n) is 19.2. The van der Waals surface area contributed by atoms with Crippen molar-refractivity contribution in [2.75, 3.05) is 4.90 Å². The number of anilines is 3. The summed E-state index contributed by atoms with van der Waals surface area (Å²) in [4.78, 5) is 6.97. The summed E-state index contributed by atoms with van der Waals surface area (Å²) in [5.41, 5.74) is 9.11. The quantitative estimate of drug-likeness (QED) is 0.174. The van der Waals surface area contributed by atoms with Gasteiger partial charge < -0.3 is 4.90 Å². The second kappa shape index (κ2) is 12.9. The Morgan fingerprint density at radius 2 is 0.807 bits per heavy atom. The molecule has 0 radical (unpaired) electrons. The third-order valence-corrected chi connectivity index (χ3v) is 13.7. The van der Waals surface area contributed by atoms with E-state index < -0.39 is 0 Å². The zero-order valence-electron chi connectivity index (χ0n) is 30.7. The third kappa shape index (κ3) is 5.48. The van der Waals surface area contributed by atoms with E-state index in [4.69, 9.17) is 0 Å². The topological polar surface area (TPSA) is 16.1 Å². The van der Waals surface area contributed by atoms with Gasteiger partial charge in [0.15, 0.2) is 0 Å². The lowest BCUT2D eigenvalue weighted by atomic mass is 9.99. The highest BCUT2D eigenvalue weighted by Crippen LogP contribution is 2.43. The zero-order valence-corrected chi connectivity index (χ0v) is 32.3. The molecule has 0 saturated carbocycles. The fourth-order valence-corrected chi connectivity index (χ4v) is 10.8. The van der Waals surface area contributed by atoms with Crippen LogP contribution in [0, 0.1) is 0 Å². The highest BCUT2D eigenvalue weighted by molar-refractivity contribution is 7.26. The fourth-order valence-electron chi connectivity index (χ4n) is 8.54. The lowest BCUT2D eigenvalue weighted by Crippen LogP contribution is -2.09. The minimum Gasteiger partial charge on any atom is -0.310 e. The molecule has 0 saturated heterocycles. The Morgan fingerprint density at radius 3 is 1.40 bits per heavy atom. The van der Waals surface area contributed by atoms with Gasteiger partial charge in [0, 0.05) is 69.0 Å². The molecule has 266 valence electrons. The van der Waals surface area contributed by atoms with Crippen molar-refractivity contribution in [1.82, 2.24) is 4.98 Å². The molecule has 0 fully saturated rings. The molecule has 9 aromatic carbocycles. The highest BCUT2D eigenvalue weighted by atomic mass is 32.1. The molecule has 0 amide bonds. The second-order valence-electron chi connectivity index (χ2n) is 14.8. The van der Waals surface area contributed by atoms with Crippen LogP contribution in [0.25, 0.3) is 95.0 Å². The normalized spacial score (nSPS) is 11.9. The largest absolute Gasteiger partial charge is 0.310 e. The van der Waals surface area contributed by atoms with Gasteiger partial charge in [-0.05, 0) is 129 Å². The Kier molecular flexibility index (Phi) is 7.31. The van der Waals surface area contributed by atoms with Gasteiger partial charge in [-0.3, -0.25) is 4.98 Å². The first-order chi connectivity index (χ1) is 28.2. The maximum atomic E-state index is 4.57. The first-order valence-corrected chi connectivity index (χ1v) is 20.9. The van der Waals surface area contributed by atoms with E-state index in [2.05, 4.69) is 192 Å². The molecule has 3 heterocycles. The molecule has 3 aromatic heterocycles. The number of hydrogen-bond donors (Lipinski definition) is 0. The Bertz CT molecular complexity index is 3370. The molecule has 57 heavy (non-hydrogen) atoms. The predicted molar refractivity (Wildman–Crippen MR) is 248 cm³/mol. The van der Waals surface area contributed by atoms with Gasteiger partial charge >= 0.3 is 0 Å². The van der Waals surface area contributed by atoms with E-state index in [9.17, 15) is 0 Å². The van der Waals surface area contributed by atoms with Gasteiger partial charge in [0.25, 0.3) is 0 Å². The van der Waals surface area contributed by atoms with Gasteiger partial charge in [-0.1, -0.05) is 103 Å². The SMILES string of the molecule is c1cnc2cc(-c3ccc(-c4ccc(N(c5ccc6cc7sc8ccccc8c7cc6c5)c5ccc6cc7sc8ccccc8c7cc6c5)cc4)cc3)ccc2c1. The number of benzene rings is 9. The molecule has 4 heteroatoms. The molecule has 0 atom stereocenters. The molecule has 0 aliphatic rings. The first kappa shape index (κ1) is 32.4. The average molecular weight is 761 g/mol. The van der Waals surface area contributed by atoms with E-state index in [1.54, 1.807) is 0 Å². The highest BCUT2D eigenvalue weighted by Gasteiger charge is 2.16. The number of nitrogens with zero attached hydrogens (tertiary/aromatic N) is 2. The van der Waals surface area contributed by atoms with E-state index in [-0.39, 0.29) is 0 Å². The standard InChI is InChI=1S/C53H32N2S2/c1-3-9-50-45(7-1)47-28-40-26-43(23-19-38(40)31-52(47)56-50)55(44-24-20-39-32-53-48(29-41(39)27-44)46-8-2-4-10-51(46)57-53)42-21-17-34(18-22-42)33-11-13-35(14-12-33)37-16-15-36-6-5-25-54-49(36)30-37/h1-32H. The number of hydrogen-bond acceptors (Lipinski definition) is 4. The summed E-state index contributed by atoms with van der Waals surface area (Å²) in [6.45, 7) is 0. The molecular weight excluding hydrogens is 729 g/mol. The maximum Gasteiger partial charge on any atom is 0.0708 e. The van der Waals surface area contributed by atoms with Gasteiger partial charge in [0.05, 0.1) is 5.52 Å². The van der Waals surface area contributed by atoms with Crippen molar-refractivity contribution in [2.24, 2.45) is 0 Å². The summed E-state index contributed by atoms with van der Waals surface area (Å²) in [5.74, 6) is 0. The molecule has 0 bridgehead atoms. The van der Waals surface area contributed by atoms with Gasteiger partial charge in [-0.15, -0.1) is 22.7 Å². The Hall–Kier alpha value is -6.85. The Balaban J connectivity index is 0.965. The number of rotatable bonds is 5. The molecule has 0 spiro atoms. The van der Waals surface area contributed by atoms with Crippen molar-refractivity contribution >= 4 is 113 Å². The fraction of sp³-hybridized carbons (Fsp3) is 0. The van der Waals surface area contributed by atoms with Crippen molar-refractivity contribution in [1.29, 1.82) is 0 Å². The Labute approximate surface area is 337 Å². The number of fused-ring (bicyclic) bond motifs is 9. The van der Waals surface area contributed by atoms with Crippen LogP contribution < -0.4 is 4.90 Å². The van der Waals surface area contributed by atoms with Crippen LogP contribution in [0.1, 0.15) is 0 Å². The summed E-state index contributed by atoms with van der Waals surface area (Å²) in [5, 5.41) is 11.4. The van der Waals surface area contributed by atoms with E-state index in [0.717, 1.165) is 28.0 Å². The van der Waals surface area contributed by atoms with E-state index in [1.165, 1.54) is 84.1 Å². The van der Waals surface area contributed by atoms with E-state index >= 15 is 0 Å². The molecule has 0 aliphatic heterocycles.